The summed E-state index contributed by atoms with van der Waals surface area (Å²) in [6.07, 6.45) is 1.31. The Morgan fingerprint density at radius 3 is 2.60 bits per heavy atom. The highest BCUT2D eigenvalue weighted by Gasteiger charge is 2.18. The minimum absolute atomic E-state index is 0.0220. The quantitative estimate of drug-likeness (QED) is 0.370. The topological polar surface area (TPSA) is 98.3 Å². The van der Waals surface area contributed by atoms with Gasteiger partial charge in [-0.15, -0.1) is 0 Å². The Kier molecular flexibility index (Phi) is 5.31. The summed E-state index contributed by atoms with van der Waals surface area (Å²) in [5, 5.41) is 12.4. The van der Waals surface area contributed by atoms with E-state index in [1.807, 2.05) is 0 Å². The van der Waals surface area contributed by atoms with Gasteiger partial charge in [-0.1, -0.05) is 5.16 Å². The molecule has 0 aliphatic carbocycles. The van der Waals surface area contributed by atoms with Crippen molar-refractivity contribution in [2.24, 2.45) is 5.16 Å². The van der Waals surface area contributed by atoms with Gasteiger partial charge in [0.25, 0.3) is 0 Å². The smallest absolute Gasteiger partial charge is 0.361 e. The third-order valence-electron chi connectivity index (χ3n) is 1.93. The Bertz CT molecular complexity index is 483. The van der Waals surface area contributed by atoms with Crippen molar-refractivity contribution >= 4 is 17.7 Å². The van der Waals surface area contributed by atoms with Crippen LogP contribution in [0.5, 0.6) is 0 Å². The third kappa shape index (κ3) is 5.55. The van der Waals surface area contributed by atoms with E-state index in [9.17, 15) is 9.59 Å². The van der Waals surface area contributed by atoms with Crippen molar-refractivity contribution in [2.75, 3.05) is 6.61 Å². The van der Waals surface area contributed by atoms with Gasteiger partial charge in [0.15, 0.2) is 5.76 Å². The maximum absolute atomic E-state index is 11.4. The fourth-order valence-corrected chi connectivity index (χ4v) is 1.23. The van der Waals surface area contributed by atoms with Crippen LogP contribution >= 0.6 is 0 Å². The van der Waals surface area contributed by atoms with Gasteiger partial charge in [-0.3, -0.25) is 4.79 Å². The molecule has 1 N–H and O–H groups in total. The molecular formula is C13H17NO6. The van der Waals surface area contributed by atoms with Gasteiger partial charge in [-0.05, 0) is 32.9 Å². The molecule has 0 atom stereocenters. The fourth-order valence-electron chi connectivity index (χ4n) is 1.23. The zero-order valence-corrected chi connectivity index (χ0v) is 11.6. The molecule has 1 rings (SSSR count). The summed E-state index contributed by atoms with van der Waals surface area (Å²) in [6, 6.07) is 2.98. The van der Waals surface area contributed by atoms with Crippen LogP contribution in [0.1, 0.15) is 33.0 Å². The average molecular weight is 283 g/mol. The molecule has 7 heteroatoms. The highest BCUT2D eigenvalue weighted by molar-refractivity contribution is 6.41. The van der Waals surface area contributed by atoms with Crippen molar-refractivity contribution < 1.29 is 28.7 Å². The van der Waals surface area contributed by atoms with Gasteiger partial charge in [0.2, 0.25) is 5.71 Å². The number of carbonyl (C=O) groups is 2. The van der Waals surface area contributed by atoms with E-state index in [-0.39, 0.29) is 24.5 Å². The molecule has 0 aromatic carbocycles. The predicted octanol–water partition coefficient (Wildman–Crippen LogP) is 1.82. The van der Waals surface area contributed by atoms with Gasteiger partial charge in [-0.2, -0.15) is 0 Å². The van der Waals surface area contributed by atoms with Crippen molar-refractivity contribution in [2.45, 2.75) is 32.8 Å². The standard InChI is InChI=1S/C13H17NO6/c1-13(2,3)20-10(15)6-8-19-14-11(12(16)17)9-5-4-7-18-9/h4-5,7H,6,8H2,1-3H3,(H,16,17). The van der Waals surface area contributed by atoms with Gasteiger partial charge >= 0.3 is 11.9 Å². The molecule has 1 heterocycles. The highest BCUT2D eigenvalue weighted by Crippen LogP contribution is 2.08. The number of hydrogen-bond acceptors (Lipinski definition) is 6. The third-order valence-corrected chi connectivity index (χ3v) is 1.93. The Balaban J connectivity index is 2.47. The minimum atomic E-state index is -1.28. The molecule has 20 heavy (non-hydrogen) atoms. The van der Waals surface area contributed by atoms with Crippen LogP contribution in [0.25, 0.3) is 0 Å². The number of ether oxygens (including phenoxy) is 1. The molecule has 0 fully saturated rings. The molecule has 0 radical (unpaired) electrons. The monoisotopic (exact) mass is 283 g/mol. The van der Waals surface area contributed by atoms with E-state index in [1.54, 1.807) is 20.8 Å². The lowest BCUT2D eigenvalue weighted by Crippen LogP contribution is -2.24. The number of hydrogen-bond donors (Lipinski definition) is 1. The summed E-state index contributed by atoms with van der Waals surface area (Å²) >= 11 is 0. The lowest BCUT2D eigenvalue weighted by molar-refractivity contribution is -0.156. The van der Waals surface area contributed by atoms with Crippen LogP contribution in [0.2, 0.25) is 0 Å². The van der Waals surface area contributed by atoms with E-state index < -0.39 is 17.5 Å². The maximum atomic E-state index is 11.4. The number of esters is 1. The Labute approximate surface area is 116 Å². The zero-order valence-electron chi connectivity index (χ0n) is 11.6. The number of carbonyl (C=O) groups excluding carboxylic acids is 1. The van der Waals surface area contributed by atoms with Crippen molar-refractivity contribution in [1.29, 1.82) is 0 Å². The Hall–Kier alpha value is -2.31. The molecule has 0 unspecified atom stereocenters. The summed E-state index contributed by atoms with van der Waals surface area (Å²) in [5.41, 5.74) is -0.931. The van der Waals surface area contributed by atoms with Gasteiger partial charge in [0.1, 0.15) is 12.2 Å². The van der Waals surface area contributed by atoms with E-state index in [0.29, 0.717) is 0 Å². The SMILES string of the molecule is CC(C)(C)OC(=O)CCON=C(C(=O)O)c1ccco1. The second kappa shape index (κ2) is 6.74. The largest absolute Gasteiger partial charge is 0.476 e. The molecule has 0 aliphatic rings. The van der Waals surface area contributed by atoms with Crippen LogP contribution < -0.4 is 0 Å². The molecule has 1 aromatic heterocycles. The summed E-state index contributed by atoms with van der Waals surface area (Å²) in [4.78, 5) is 27.1. The Morgan fingerprint density at radius 2 is 2.10 bits per heavy atom. The van der Waals surface area contributed by atoms with Crippen LogP contribution in [0.4, 0.5) is 0 Å². The molecule has 0 aliphatic heterocycles. The van der Waals surface area contributed by atoms with E-state index in [1.165, 1.54) is 18.4 Å². The average Bonchev–Trinajstić information content (AvgIpc) is 2.79. The second-order valence-electron chi connectivity index (χ2n) is 4.89. The van der Waals surface area contributed by atoms with Crippen LogP contribution in [0.3, 0.4) is 0 Å². The highest BCUT2D eigenvalue weighted by atomic mass is 16.6. The van der Waals surface area contributed by atoms with Gasteiger partial charge in [-0.25, -0.2) is 4.79 Å². The first-order valence-corrected chi connectivity index (χ1v) is 5.98. The lowest BCUT2D eigenvalue weighted by Gasteiger charge is -2.19. The van der Waals surface area contributed by atoms with Crippen molar-refractivity contribution in [3.63, 3.8) is 0 Å². The van der Waals surface area contributed by atoms with E-state index in [2.05, 4.69) is 5.16 Å². The van der Waals surface area contributed by atoms with Crippen molar-refractivity contribution in [3.8, 4) is 0 Å². The molecule has 0 saturated heterocycles. The molecule has 0 amide bonds. The summed E-state index contributed by atoms with van der Waals surface area (Å²) in [6.45, 7) is 5.18. The van der Waals surface area contributed by atoms with Gasteiger partial charge in [0, 0.05) is 0 Å². The molecule has 7 nitrogen and oxygen atoms in total. The first-order valence-electron chi connectivity index (χ1n) is 5.98. The van der Waals surface area contributed by atoms with Crippen molar-refractivity contribution in [1.82, 2.24) is 0 Å². The molecule has 0 spiro atoms. The lowest BCUT2D eigenvalue weighted by atomic mass is 10.2. The molecule has 1 aromatic rings. The van der Waals surface area contributed by atoms with Crippen LogP contribution in [0, 0.1) is 0 Å². The molecule has 0 bridgehead atoms. The number of furan rings is 1. The van der Waals surface area contributed by atoms with Gasteiger partial charge < -0.3 is 19.1 Å². The number of nitrogens with zero attached hydrogens (tertiary/aromatic N) is 1. The van der Waals surface area contributed by atoms with E-state index in [4.69, 9.17) is 19.1 Å². The van der Waals surface area contributed by atoms with Gasteiger partial charge in [0.05, 0.1) is 12.7 Å². The number of carboxylic acid groups (broad SMARTS) is 1. The fraction of sp³-hybridized carbons (Fsp3) is 0.462. The molecule has 0 saturated carbocycles. The molecular weight excluding hydrogens is 266 g/mol. The Morgan fingerprint density at radius 1 is 1.40 bits per heavy atom. The maximum Gasteiger partial charge on any atom is 0.361 e. The van der Waals surface area contributed by atoms with Crippen LogP contribution in [-0.4, -0.2) is 35.0 Å². The normalized spacial score (nSPS) is 12.1. The first kappa shape index (κ1) is 15.7. The number of aliphatic carboxylic acids is 1. The van der Waals surface area contributed by atoms with Crippen LogP contribution in [-0.2, 0) is 19.2 Å². The molecule has 110 valence electrons. The number of rotatable bonds is 6. The number of oxime groups is 1. The summed E-state index contributed by atoms with van der Waals surface area (Å²) in [7, 11) is 0. The van der Waals surface area contributed by atoms with Crippen molar-refractivity contribution in [3.05, 3.63) is 24.2 Å². The van der Waals surface area contributed by atoms with Crippen LogP contribution in [0.15, 0.2) is 28.0 Å². The first-order chi connectivity index (χ1) is 9.29. The van der Waals surface area contributed by atoms with E-state index >= 15 is 0 Å². The summed E-state index contributed by atoms with van der Waals surface area (Å²) < 4.78 is 9.98. The minimum Gasteiger partial charge on any atom is -0.476 e. The second-order valence-corrected chi connectivity index (χ2v) is 4.89. The predicted molar refractivity (Wildman–Crippen MR) is 69.3 cm³/mol. The summed E-state index contributed by atoms with van der Waals surface area (Å²) in [5.74, 6) is -1.64. The number of carboxylic acids is 1. The van der Waals surface area contributed by atoms with E-state index in [0.717, 1.165) is 0 Å². The zero-order chi connectivity index (χ0) is 15.2.